The smallest absolute Gasteiger partial charge is 0.768 e. The van der Waals surface area contributed by atoms with Crippen LogP contribution in [-0.2, 0) is 20.2 Å². The molecule has 1 atom stereocenters. The van der Waals surface area contributed by atoms with Crippen LogP contribution >= 0.6 is 23.2 Å². The van der Waals surface area contributed by atoms with E-state index >= 15 is 0 Å². The molecule has 0 radical (unpaired) electrons. The summed E-state index contributed by atoms with van der Waals surface area (Å²) in [5.41, 5.74) is 0.691. The van der Waals surface area contributed by atoms with E-state index < -0.39 is 21.3 Å². The van der Waals surface area contributed by atoms with E-state index in [4.69, 9.17) is 23.2 Å². The number of fused-ring (bicyclic) bond motifs is 1. The van der Waals surface area contributed by atoms with E-state index in [2.05, 4.69) is 5.32 Å². The zero-order valence-corrected chi connectivity index (χ0v) is 12.4. The molecule has 2 rings (SSSR count). The molecule has 1 N–H and O–H groups in total. The molecular weight excluding hydrogens is 284 g/mol. The molecule has 0 fully saturated rings. The fraction of sp³-hybridized carbons (Fsp3) is 0.125. The van der Waals surface area contributed by atoms with Gasteiger partial charge < -0.3 is 9.87 Å². The molecule has 1 aromatic carbocycles. The van der Waals surface area contributed by atoms with E-state index in [1.807, 2.05) is 0 Å². The third kappa shape index (κ3) is 2.31. The first-order chi connectivity index (χ1) is 6.93. The van der Waals surface area contributed by atoms with Gasteiger partial charge in [-0.25, -0.2) is 0 Å². The SMILES string of the molecule is O=C1Nc2ccc(S(=O)[O-])cc2C1(Cl)Cl.[Na+]. The zero-order valence-electron chi connectivity index (χ0n) is 8.12. The third-order valence-electron chi connectivity index (χ3n) is 2.06. The molecule has 0 spiro atoms. The van der Waals surface area contributed by atoms with Gasteiger partial charge in [0.25, 0.3) is 5.91 Å². The molecule has 0 aromatic heterocycles. The predicted octanol–water partition coefficient (Wildman–Crippen LogP) is -1.49. The van der Waals surface area contributed by atoms with Gasteiger partial charge in [-0.05, 0) is 29.3 Å². The molecule has 1 aromatic rings. The van der Waals surface area contributed by atoms with Crippen molar-refractivity contribution in [2.45, 2.75) is 9.23 Å². The predicted molar refractivity (Wildman–Crippen MR) is 55.6 cm³/mol. The minimum absolute atomic E-state index is 0. The van der Waals surface area contributed by atoms with Crippen LogP contribution in [0.15, 0.2) is 23.1 Å². The molecule has 1 heterocycles. The number of halogens is 2. The fourth-order valence-electron chi connectivity index (χ4n) is 1.32. The summed E-state index contributed by atoms with van der Waals surface area (Å²) in [6, 6.07) is 4.08. The largest absolute Gasteiger partial charge is 1.00 e. The van der Waals surface area contributed by atoms with Gasteiger partial charge in [0, 0.05) is 16.1 Å². The third-order valence-corrected chi connectivity index (χ3v) is 3.44. The summed E-state index contributed by atoms with van der Waals surface area (Å²) in [5.74, 6) is -0.574. The number of amides is 1. The Morgan fingerprint density at radius 2 is 2.00 bits per heavy atom. The molecule has 16 heavy (non-hydrogen) atoms. The Morgan fingerprint density at radius 1 is 1.38 bits per heavy atom. The van der Waals surface area contributed by atoms with E-state index in [-0.39, 0.29) is 40.0 Å². The van der Waals surface area contributed by atoms with Crippen molar-refractivity contribution in [1.82, 2.24) is 0 Å². The second kappa shape index (κ2) is 4.94. The average Bonchev–Trinajstić information content (AvgIpc) is 2.38. The second-order valence-electron chi connectivity index (χ2n) is 2.97. The summed E-state index contributed by atoms with van der Waals surface area (Å²) in [6.07, 6.45) is 0. The van der Waals surface area contributed by atoms with Crippen molar-refractivity contribution in [3.63, 3.8) is 0 Å². The number of hydrogen-bond donors (Lipinski definition) is 1. The Labute approximate surface area is 126 Å². The Kier molecular flexibility index (Phi) is 4.46. The van der Waals surface area contributed by atoms with Gasteiger partial charge in [-0.15, -0.1) is 0 Å². The summed E-state index contributed by atoms with van der Waals surface area (Å²) < 4.78 is 19.7. The Morgan fingerprint density at radius 3 is 2.56 bits per heavy atom. The van der Waals surface area contributed by atoms with Gasteiger partial charge in [0.15, 0.2) is 0 Å². The number of nitrogens with one attached hydrogen (secondary N) is 1. The monoisotopic (exact) mass is 287 g/mol. The van der Waals surface area contributed by atoms with Crippen LogP contribution in [0.3, 0.4) is 0 Å². The number of alkyl halides is 2. The quantitative estimate of drug-likeness (QED) is 0.389. The fourth-order valence-corrected chi connectivity index (χ4v) is 2.12. The maximum absolute atomic E-state index is 11.3. The molecule has 0 bridgehead atoms. The first-order valence-electron chi connectivity index (χ1n) is 3.86. The van der Waals surface area contributed by atoms with Crippen molar-refractivity contribution in [2.75, 3.05) is 5.32 Å². The molecule has 4 nitrogen and oxygen atoms in total. The van der Waals surface area contributed by atoms with Crippen LogP contribution < -0.4 is 34.9 Å². The van der Waals surface area contributed by atoms with Crippen molar-refractivity contribution in [2.24, 2.45) is 0 Å². The van der Waals surface area contributed by atoms with E-state index in [0.717, 1.165) is 0 Å². The van der Waals surface area contributed by atoms with Crippen molar-refractivity contribution < 1.29 is 43.1 Å². The number of rotatable bonds is 1. The van der Waals surface area contributed by atoms with Gasteiger partial charge >= 0.3 is 29.6 Å². The van der Waals surface area contributed by atoms with Gasteiger partial charge in [-0.3, -0.25) is 9.00 Å². The standard InChI is InChI=1S/C8H5Cl2NO3S.Na/c9-8(10)5-3-4(15(13)14)1-2-6(5)11-7(8)12;/h1-3H,(H,11,12)(H,13,14);/q;+1/p-1. The number of carbonyl (C=O) groups is 1. The number of hydrogen-bond acceptors (Lipinski definition) is 3. The summed E-state index contributed by atoms with van der Waals surface area (Å²) in [5, 5.41) is 2.45. The van der Waals surface area contributed by atoms with Crippen LogP contribution in [0.2, 0.25) is 0 Å². The van der Waals surface area contributed by atoms with Crippen LogP contribution in [-0.4, -0.2) is 14.7 Å². The number of benzene rings is 1. The van der Waals surface area contributed by atoms with Crippen LogP contribution in [0, 0.1) is 0 Å². The molecule has 0 saturated heterocycles. The first-order valence-corrected chi connectivity index (χ1v) is 5.69. The Bertz CT molecular complexity index is 480. The van der Waals surface area contributed by atoms with Crippen LogP contribution in [0.4, 0.5) is 5.69 Å². The molecule has 0 saturated carbocycles. The minimum atomic E-state index is -2.37. The van der Waals surface area contributed by atoms with Crippen molar-refractivity contribution in [3.05, 3.63) is 23.8 Å². The van der Waals surface area contributed by atoms with Gasteiger partial charge in [0.05, 0.1) is 0 Å². The maximum atomic E-state index is 11.3. The van der Waals surface area contributed by atoms with Crippen molar-refractivity contribution in [1.29, 1.82) is 0 Å². The Balaban J connectivity index is 0.00000128. The number of carbonyl (C=O) groups excluding carboxylic acids is 1. The van der Waals surface area contributed by atoms with Crippen molar-refractivity contribution >= 4 is 45.9 Å². The summed E-state index contributed by atoms with van der Waals surface area (Å²) in [4.78, 5) is 11.3. The Hall–Kier alpha value is 0.380. The topological polar surface area (TPSA) is 69.2 Å². The molecule has 1 unspecified atom stereocenters. The van der Waals surface area contributed by atoms with E-state index in [1.165, 1.54) is 18.2 Å². The van der Waals surface area contributed by atoms with Crippen LogP contribution in [0.5, 0.6) is 0 Å². The normalized spacial score (nSPS) is 18.3. The second-order valence-corrected chi connectivity index (χ2v) is 5.24. The molecule has 8 heteroatoms. The van der Waals surface area contributed by atoms with E-state index in [9.17, 15) is 13.6 Å². The summed E-state index contributed by atoms with van der Waals surface area (Å²) >= 11 is 9.18. The van der Waals surface area contributed by atoms with E-state index in [1.54, 1.807) is 0 Å². The maximum Gasteiger partial charge on any atom is 1.00 e. The summed E-state index contributed by atoms with van der Waals surface area (Å²) in [6.45, 7) is 0. The van der Waals surface area contributed by atoms with Gasteiger partial charge in [0.1, 0.15) is 0 Å². The van der Waals surface area contributed by atoms with E-state index in [0.29, 0.717) is 5.69 Å². The average molecular weight is 288 g/mol. The van der Waals surface area contributed by atoms with Gasteiger partial charge in [-0.1, -0.05) is 23.2 Å². The van der Waals surface area contributed by atoms with Gasteiger partial charge in [-0.2, -0.15) is 0 Å². The molecule has 1 aliphatic heterocycles. The molecule has 1 amide bonds. The number of anilines is 1. The molecule has 0 aliphatic carbocycles. The zero-order chi connectivity index (χ0) is 11.2. The molecular formula is C8H4Cl2NNaO3S. The molecule has 1 aliphatic rings. The van der Waals surface area contributed by atoms with Crippen LogP contribution in [0.1, 0.15) is 5.56 Å². The summed E-state index contributed by atoms with van der Waals surface area (Å²) in [7, 11) is 0. The van der Waals surface area contributed by atoms with Crippen molar-refractivity contribution in [3.8, 4) is 0 Å². The molecule has 80 valence electrons. The van der Waals surface area contributed by atoms with Gasteiger partial charge in [0.2, 0.25) is 4.33 Å². The first kappa shape index (κ1) is 14.4. The van der Waals surface area contributed by atoms with Crippen LogP contribution in [0.25, 0.3) is 0 Å². The minimum Gasteiger partial charge on any atom is -0.768 e.